The number of pyridine rings is 1. The van der Waals surface area contributed by atoms with Gasteiger partial charge in [0.2, 0.25) is 0 Å². The molecule has 0 aliphatic carbocycles. The Hall–Kier alpha value is -3.51. The molecule has 156 valence electrons. The van der Waals surface area contributed by atoms with Gasteiger partial charge in [-0.15, -0.1) is 0 Å². The number of halogens is 2. The zero-order valence-electron chi connectivity index (χ0n) is 16.8. The molecule has 5 nitrogen and oxygen atoms in total. The summed E-state index contributed by atoms with van der Waals surface area (Å²) in [6.45, 7) is 3.35. The van der Waals surface area contributed by atoms with E-state index in [9.17, 15) is 19.1 Å². The molecule has 1 amide bonds. The number of aliphatic hydroxyl groups is 1. The van der Waals surface area contributed by atoms with Gasteiger partial charge in [0.25, 0.3) is 11.7 Å². The van der Waals surface area contributed by atoms with Gasteiger partial charge in [0.05, 0.1) is 11.3 Å². The summed E-state index contributed by atoms with van der Waals surface area (Å²) < 4.78 is 13.7. The Morgan fingerprint density at radius 2 is 1.84 bits per heavy atom. The van der Waals surface area contributed by atoms with Crippen molar-refractivity contribution in [3.63, 3.8) is 0 Å². The Kier molecular flexibility index (Phi) is 5.33. The highest BCUT2D eigenvalue weighted by molar-refractivity contribution is 6.52. The van der Waals surface area contributed by atoms with Crippen molar-refractivity contribution in [1.29, 1.82) is 0 Å². The number of aryl methyl sites for hydroxylation is 2. The fraction of sp³-hybridized carbons (Fsp3) is 0.125. The lowest BCUT2D eigenvalue weighted by molar-refractivity contribution is -0.132. The maximum atomic E-state index is 13.7. The Balaban J connectivity index is 1.98. The van der Waals surface area contributed by atoms with Crippen LogP contribution in [0, 0.1) is 19.7 Å². The number of Topliss-reactive ketones (excluding diaryl/α,β-unsaturated/α-hetero) is 1. The quantitative estimate of drug-likeness (QED) is 0.351. The molecule has 2 aromatic carbocycles. The average Bonchev–Trinajstić information content (AvgIpc) is 3.02. The van der Waals surface area contributed by atoms with Crippen LogP contribution >= 0.6 is 11.6 Å². The van der Waals surface area contributed by atoms with Crippen molar-refractivity contribution in [2.45, 2.75) is 19.9 Å². The second-order valence-electron chi connectivity index (χ2n) is 7.32. The standard InChI is InChI=1S/C24H18ClFN2O3/c1-13-6-8-16(25)12-19(13)28-21(18-5-3-4-10-27-18)20(23(30)24(28)31)22(29)15-7-9-17(26)14(2)11-15/h3-12,21,29H,1-2H3/b22-20+. The summed E-state index contributed by atoms with van der Waals surface area (Å²) in [6, 6.07) is 13.2. The molecule has 1 unspecified atom stereocenters. The van der Waals surface area contributed by atoms with E-state index in [0.717, 1.165) is 5.56 Å². The number of nitrogens with zero attached hydrogens (tertiary/aromatic N) is 2. The van der Waals surface area contributed by atoms with Crippen LogP contribution in [0.25, 0.3) is 5.76 Å². The molecule has 4 rings (SSSR count). The molecule has 1 fully saturated rings. The molecule has 1 atom stereocenters. The van der Waals surface area contributed by atoms with Gasteiger partial charge in [0, 0.05) is 22.5 Å². The third-order valence-electron chi connectivity index (χ3n) is 5.27. The Labute approximate surface area is 183 Å². The number of anilines is 1. The predicted molar refractivity (Wildman–Crippen MR) is 116 cm³/mol. The summed E-state index contributed by atoms with van der Waals surface area (Å²) in [5.41, 5.74) is 2.00. The predicted octanol–water partition coefficient (Wildman–Crippen LogP) is 5.12. The summed E-state index contributed by atoms with van der Waals surface area (Å²) in [4.78, 5) is 31.8. The molecule has 1 N–H and O–H groups in total. The second kappa shape index (κ2) is 7.96. The fourth-order valence-electron chi connectivity index (χ4n) is 3.69. The summed E-state index contributed by atoms with van der Waals surface area (Å²) >= 11 is 6.16. The van der Waals surface area contributed by atoms with Crippen molar-refractivity contribution in [1.82, 2.24) is 4.98 Å². The van der Waals surface area contributed by atoms with Gasteiger partial charge >= 0.3 is 0 Å². The minimum absolute atomic E-state index is 0.117. The number of rotatable bonds is 3. The first-order valence-electron chi connectivity index (χ1n) is 9.54. The van der Waals surface area contributed by atoms with E-state index in [0.29, 0.717) is 22.0 Å². The fourth-order valence-corrected chi connectivity index (χ4v) is 3.85. The minimum Gasteiger partial charge on any atom is -0.507 e. The molecule has 1 aromatic heterocycles. The zero-order valence-corrected chi connectivity index (χ0v) is 17.5. The maximum absolute atomic E-state index is 13.7. The Bertz CT molecular complexity index is 1240. The summed E-state index contributed by atoms with van der Waals surface area (Å²) in [5.74, 6) is -2.48. The number of hydrogen-bond acceptors (Lipinski definition) is 4. The van der Waals surface area contributed by atoms with Crippen LogP contribution in [0.4, 0.5) is 10.1 Å². The van der Waals surface area contributed by atoms with Crippen molar-refractivity contribution < 1.29 is 19.1 Å². The summed E-state index contributed by atoms with van der Waals surface area (Å²) in [6.07, 6.45) is 1.54. The zero-order chi connectivity index (χ0) is 22.3. The Morgan fingerprint density at radius 1 is 1.06 bits per heavy atom. The number of hydrogen-bond donors (Lipinski definition) is 1. The van der Waals surface area contributed by atoms with Crippen LogP contribution in [0.5, 0.6) is 0 Å². The summed E-state index contributed by atoms with van der Waals surface area (Å²) in [5, 5.41) is 11.4. The van der Waals surface area contributed by atoms with Gasteiger partial charge in [0.15, 0.2) is 0 Å². The van der Waals surface area contributed by atoms with Crippen LogP contribution in [-0.4, -0.2) is 21.8 Å². The van der Waals surface area contributed by atoms with E-state index in [1.165, 1.54) is 23.1 Å². The van der Waals surface area contributed by atoms with Gasteiger partial charge < -0.3 is 5.11 Å². The number of carbonyl (C=O) groups is 2. The molecule has 31 heavy (non-hydrogen) atoms. The first-order valence-corrected chi connectivity index (χ1v) is 9.92. The molecule has 3 aromatic rings. The maximum Gasteiger partial charge on any atom is 0.300 e. The molecule has 1 aliphatic heterocycles. The van der Waals surface area contributed by atoms with E-state index in [1.807, 2.05) is 0 Å². The highest BCUT2D eigenvalue weighted by atomic mass is 35.5. The van der Waals surface area contributed by atoms with Gasteiger partial charge in [-0.25, -0.2) is 4.39 Å². The molecule has 7 heteroatoms. The van der Waals surface area contributed by atoms with E-state index in [-0.39, 0.29) is 16.9 Å². The van der Waals surface area contributed by atoms with E-state index < -0.39 is 23.5 Å². The van der Waals surface area contributed by atoms with Gasteiger partial charge in [-0.2, -0.15) is 0 Å². The van der Waals surface area contributed by atoms with Crippen LogP contribution in [0.2, 0.25) is 5.02 Å². The third-order valence-corrected chi connectivity index (χ3v) is 5.51. The molecule has 2 heterocycles. The van der Waals surface area contributed by atoms with Crippen molar-refractivity contribution in [2.75, 3.05) is 4.90 Å². The second-order valence-corrected chi connectivity index (χ2v) is 7.75. The lowest BCUT2D eigenvalue weighted by Gasteiger charge is -2.26. The van der Waals surface area contributed by atoms with Crippen molar-refractivity contribution >= 4 is 34.7 Å². The van der Waals surface area contributed by atoms with Crippen LogP contribution in [0.3, 0.4) is 0 Å². The van der Waals surface area contributed by atoms with Crippen LogP contribution in [-0.2, 0) is 9.59 Å². The lowest BCUT2D eigenvalue weighted by Crippen LogP contribution is -2.30. The van der Waals surface area contributed by atoms with Gasteiger partial charge in [-0.3, -0.25) is 19.5 Å². The molecule has 0 saturated carbocycles. The highest BCUT2D eigenvalue weighted by Gasteiger charge is 2.48. The van der Waals surface area contributed by atoms with Gasteiger partial charge in [0.1, 0.15) is 17.6 Å². The topological polar surface area (TPSA) is 70.5 Å². The third kappa shape index (κ3) is 3.59. The van der Waals surface area contributed by atoms with Gasteiger partial charge in [-0.1, -0.05) is 23.7 Å². The van der Waals surface area contributed by atoms with E-state index in [4.69, 9.17) is 11.6 Å². The molecule has 1 saturated heterocycles. The molecule has 1 aliphatic rings. The van der Waals surface area contributed by atoms with Crippen molar-refractivity contribution in [3.8, 4) is 0 Å². The van der Waals surface area contributed by atoms with Crippen molar-refractivity contribution in [2.24, 2.45) is 0 Å². The summed E-state index contributed by atoms with van der Waals surface area (Å²) in [7, 11) is 0. The van der Waals surface area contributed by atoms with Crippen molar-refractivity contribution in [3.05, 3.63) is 99.6 Å². The normalized spacial score (nSPS) is 17.9. The number of carbonyl (C=O) groups excluding carboxylic acids is 2. The smallest absolute Gasteiger partial charge is 0.300 e. The number of aromatic nitrogens is 1. The molecule has 0 spiro atoms. The lowest BCUT2D eigenvalue weighted by atomic mass is 9.97. The average molecular weight is 437 g/mol. The van der Waals surface area contributed by atoms with Crippen LogP contribution < -0.4 is 4.90 Å². The van der Waals surface area contributed by atoms with Crippen LogP contribution in [0.15, 0.2) is 66.4 Å². The molecular weight excluding hydrogens is 419 g/mol. The van der Waals surface area contributed by atoms with E-state index in [1.54, 1.807) is 56.4 Å². The number of amides is 1. The van der Waals surface area contributed by atoms with Gasteiger partial charge in [-0.05, 0) is 67.4 Å². The van der Waals surface area contributed by atoms with E-state index in [2.05, 4.69) is 4.98 Å². The number of benzene rings is 2. The van der Waals surface area contributed by atoms with E-state index >= 15 is 0 Å². The molecular formula is C24H18ClFN2O3. The number of aliphatic hydroxyl groups excluding tert-OH is 1. The first kappa shape index (κ1) is 20.8. The van der Waals surface area contributed by atoms with Crippen LogP contribution in [0.1, 0.15) is 28.4 Å². The highest BCUT2D eigenvalue weighted by Crippen LogP contribution is 2.43. The molecule has 0 bridgehead atoms. The largest absolute Gasteiger partial charge is 0.507 e. The Morgan fingerprint density at radius 3 is 2.52 bits per heavy atom. The SMILES string of the molecule is Cc1cc(/C(O)=C2\C(=O)C(=O)N(c3cc(Cl)ccc3C)C2c2ccccn2)ccc1F. The first-order chi connectivity index (χ1) is 14.8. The molecule has 0 radical (unpaired) electrons. The minimum atomic E-state index is -0.969. The number of ketones is 1. The monoisotopic (exact) mass is 436 g/mol.